The number of hydrogen-bond donors (Lipinski definition) is 2. The SMILES string of the molecule is NNC(c1cccc(Br)c1Cl)c1c(F)cccc1F. The molecule has 0 saturated heterocycles. The Morgan fingerprint density at radius 3 is 2.26 bits per heavy atom. The second-order valence-corrected chi connectivity index (χ2v) is 5.11. The second kappa shape index (κ2) is 5.96. The van der Waals surface area contributed by atoms with E-state index < -0.39 is 17.7 Å². The fraction of sp³-hybridized carbons (Fsp3) is 0.0769. The van der Waals surface area contributed by atoms with Gasteiger partial charge in [0.1, 0.15) is 11.6 Å². The minimum Gasteiger partial charge on any atom is -0.271 e. The van der Waals surface area contributed by atoms with E-state index in [4.69, 9.17) is 17.4 Å². The van der Waals surface area contributed by atoms with E-state index in [9.17, 15) is 8.78 Å². The van der Waals surface area contributed by atoms with Gasteiger partial charge in [-0.3, -0.25) is 5.84 Å². The molecule has 3 N–H and O–H groups in total. The number of rotatable bonds is 3. The van der Waals surface area contributed by atoms with Crippen molar-refractivity contribution in [2.45, 2.75) is 6.04 Å². The van der Waals surface area contributed by atoms with Gasteiger partial charge in [-0.2, -0.15) is 0 Å². The van der Waals surface area contributed by atoms with Gasteiger partial charge in [-0.15, -0.1) is 0 Å². The lowest BCUT2D eigenvalue weighted by molar-refractivity contribution is 0.510. The van der Waals surface area contributed by atoms with Crippen LogP contribution in [0.25, 0.3) is 0 Å². The molecule has 100 valence electrons. The molecule has 19 heavy (non-hydrogen) atoms. The summed E-state index contributed by atoms with van der Waals surface area (Å²) < 4.78 is 28.3. The first-order valence-electron chi connectivity index (χ1n) is 5.40. The normalized spacial score (nSPS) is 12.5. The van der Waals surface area contributed by atoms with Gasteiger partial charge in [-0.05, 0) is 39.7 Å². The van der Waals surface area contributed by atoms with Gasteiger partial charge in [-0.1, -0.05) is 29.8 Å². The van der Waals surface area contributed by atoms with Crippen molar-refractivity contribution >= 4 is 27.5 Å². The molecular formula is C13H10BrClF2N2. The van der Waals surface area contributed by atoms with E-state index in [2.05, 4.69) is 21.4 Å². The molecule has 6 heteroatoms. The topological polar surface area (TPSA) is 38.0 Å². The van der Waals surface area contributed by atoms with E-state index in [1.165, 1.54) is 18.2 Å². The fourth-order valence-corrected chi connectivity index (χ4v) is 2.48. The molecule has 0 aliphatic heterocycles. The molecule has 2 aromatic carbocycles. The molecule has 0 amide bonds. The van der Waals surface area contributed by atoms with Gasteiger partial charge in [0.15, 0.2) is 0 Å². The predicted molar refractivity (Wildman–Crippen MR) is 74.7 cm³/mol. The summed E-state index contributed by atoms with van der Waals surface area (Å²) in [7, 11) is 0. The molecule has 1 atom stereocenters. The number of halogens is 4. The van der Waals surface area contributed by atoms with E-state index in [-0.39, 0.29) is 5.56 Å². The summed E-state index contributed by atoms with van der Waals surface area (Å²) in [5, 5.41) is 0.355. The predicted octanol–water partition coefficient (Wildman–Crippen LogP) is 3.93. The highest BCUT2D eigenvalue weighted by atomic mass is 79.9. The largest absolute Gasteiger partial charge is 0.271 e. The van der Waals surface area contributed by atoms with Gasteiger partial charge in [0.05, 0.1) is 11.1 Å². The van der Waals surface area contributed by atoms with E-state index in [0.29, 0.717) is 15.1 Å². The summed E-state index contributed by atoms with van der Waals surface area (Å²) in [6.07, 6.45) is 0. The molecule has 1 unspecified atom stereocenters. The zero-order chi connectivity index (χ0) is 14.0. The Labute approximate surface area is 122 Å². The highest BCUT2D eigenvalue weighted by molar-refractivity contribution is 9.10. The van der Waals surface area contributed by atoms with Gasteiger partial charge in [0.2, 0.25) is 0 Å². The highest BCUT2D eigenvalue weighted by Gasteiger charge is 2.23. The maximum absolute atomic E-state index is 13.8. The number of hydrazine groups is 1. The lowest BCUT2D eigenvalue weighted by atomic mass is 9.98. The van der Waals surface area contributed by atoms with Crippen molar-refractivity contribution < 1.29 is 8.78 Å². The van der Waals surface area contributed by atoms with Crippen molar-refractivity contribution in [1.29, 1.82) is 0 Å². The van der Waals surface area contributed by atoms with Crippen molar-refractivity contribution in [2.75, 3.05) is 0 Å². The molecule has 0 spiro atoms. The van der Waals surface area contributed by atoms with Gasteiger partial charge in [0, 0.05) is 10.0 Å². The third-order valence-electron chi connectivity index (χ3n) is 2.75. The summed E-state index contributed by atoms with van der Waals surface area (Å²) in [6.45, 7) is 0. The monoisotopic (exact) mass is 346 g/mol. The van der Waals surface area contributed by atoms with Crippen molar-refractivity contribution in [3.8, 4) is 0 Å². The summed E-state index contributed by atoms with van der Waals surface area (Å²) in [5.41, 5.74) is 2.73. The van der Waals surface area contributed by atoms with Gasteiger partial charge in [-0.25, -0.2) is 14.2 Å². The van der Waals surface area contributed by atoms with Gasteiger partial charge < -0.3 is 0 Å². The molecule has 0 fully saturated rings. The van der Waals surface area contributed by atoms with Crippen LogP contribution in [-0.2, 0) is 0 Å². The molecule has 0 aliphatic carbocycles. The van der Waals surface area contributed by atoms with Gasteiger partial charge >= 0.3 is 0 Å². The Bertz CT molecular complexity index is 587. The highest BCUT2D eigenvalue weighted by Crippen LogP contribution is 2.34. The van der Waals surface area contributed by atoms with Crippen LogP contribution in [0.5, 0.6) is 0 Å². The Kier molecular flexibility index (Phi) is 4.52. The van der Waals surface area contributed by atoms with Crippen LogP contribution in [0.2, 0.25) is 5.02 Å². The first kappa shape index (κ1) is 14.4. The molecule has 0 radical (unpaired) electrons. The molecule has 2 nitrogen and oxygen atoms in total. The lowest BCUT2D eigenvalue weighted by Gasteiger charge is -2.20. The lowest BCUT2D eigenvalue weighted by Crippen LogP contribution is -2.30. The number of nitrogens with two attached hydrogens (primary N) is 1. The Morgan fingerprint density at radius 1 is 1.11 bits per heavy atom. The van der Waals surface area contributed by atoms with Crippen molar-refractivity contribution in [3.05, 3.63) is 68.7 Å². The molecule has 2 rings (SSSR count). The summed E-state index contributed by atoms with van der Waals surface area (Å²) in [4.78, 5) is 0. The van der Waals surface area contributed by atoms with Crippen LogP contribution < -0.4 is 11.3 Å². The maximum Gasteiger partial charge on any atom is 0.131 e. The van der Waals surface area contributed by atoms with E-state index in [1.54, 1.807) is 18.2 Å². The zero-order valence-electron chi connectivity index (χ0n) is 9.63. The van der Waals surface area contributed by atoms with Crippen LogP contribution in [0.3, 0.4) is 0 Å². The Hall–Kier alpha value is -1.01. The maximum atomic E-state index is 13.8. The van der Waals surface area contributed by atoms with Crippen LogP contribution in [0.15, 0.2) is 40.9 Å². The first-order chi connectivity index (χ1) is 9.06. The first-order valence-corrected chi connectivity index (χ1v) is 6.57. The van der Waals surface area contributed by atoms with E-state index >= 15 is 0 Å². The third-order valence-corrected chi connectivity index (χ3v) is 4.06. The summed E-state index contributed by atoms with van der Waals surface area (Å²) in [6, 6.07) is 7.88. The molecular weight excluding hydrogens is 338 g/mol. The quantitative estimate of drug-likeness (QED) is 0.652. The average molecular weight is 348 g/mol. The zero-order valence-corrected chi connectivity index (χ0v) is 12.0. The van der Waals surface area contributed by atoms with Crippen molar-refractivity contribution in [3.63, 3.8) is 0 Å². The molecule has 0 aliphatic rings. The average Bonchev–Trinajstić information content (AvgIpc) is 2.38. The molecule has 0 heterocycles. The summed E-state index contributed by atoms with van der Waals surface area (Å²) in [5.74, 6) is 4.07. The fourth-order valence-electron chi connectivity index (χ4n) is 1.86. The minimum atomic E-state index is -0.869. The third kappa shape index (κ3) is 2.79. The standard InChI is InChI=1S/C13H10BrClF2N2/c14-8-4-1-3-7(12(8)15)13(19-18)11-9(16)5-2-6-10(11)17/h1-6,13,19H,18H2. The summed E-state index contributed by atoms with van der Waals surface area (Å²) >= 11 is 9.40. The molecule has 0 aromatic heterocycles. The second-order valence-electron chi connectivity index (χ2n) is 3.88. The number of benzene rings is 2. The molecule has 2 aromatic rings. The van der Waals surface area contributed by atoms with Crippen LogP contribution in [0.1, 0.15) is 17.2 Å². The van der Waals surface area contributed by atoms with E-state index in [1.807, 2.05) is 0 Å². The van der Waals surface area contributed by atoms with Gasteiger partial charge in [0.25, 0.3) is 0 Å². The van der Waals surface area contributed by atoms with Crippen LogP contribution >= 0.6 is 27.5 Å². The Morgan fingerprint density at radius 2 is 1.68 bits per heavy atom. The van der Waals surface area contributed by atoms with Crippen LogP contribution in [-0.4, -0.2) is 0 Å². The van der Waals surface area contributed by atoms with Crippen LogP contribution in [0, 0.1) is 11.6 Å². The Balaban J connectivity index is 2.60. The smallest absolute Gasteiger partial charge is 0.131 e. The molecule has 0 bridgehead atoms. The number of nitrogens with one attached hydrogen (secondary N) is 1. The molecule has 0 saturated carbocycles. The minimum absolute atomic E-state index is 0.162. The van der Waals surface area contributed by atoms with E-state index in [0.717, 1.165) is 0 Å². The number of hydrogen-bond acceptors (Lipinski definition) is 2. The van der Waals surface area contributed by atoms with Crippen molar-refractivity contribution in [2.24, 2.45) is 5.84 Å². The van der Waals surface area contributed by atoms with Crippen molar-refractivity contribution in [1.82, 2.24) is 5.43 Å². The van der Waals surface area contributed by atoms with Crippen LogP contribution in [0.4, 0.5) is 8.78 Å².